The number of thiophene rings is 1. The third kappa shape index (κ3) is 3.47. The number of nitrogens with zero attached hydrogens (tertiary/aromatic N) is 3. The molecule has 2 amide bonds. The van der Waals surface area contributed by atoms with Crippen molar-refractivity contribution in [2.45, 2.75) is 19.6 Å². The molecule has 6 nitrogen and oxygen atoms in total. The zero-order valence-corrected chi connectivity index (χ0v) is 15.5. The van der Waals surface area contributed by atoms with Gasteiger partial charge in [0.2, 0.25) is 5.91 Å². The van der Waals surface area contributed by atoms with Crippen molar-refractivity contribution in [1.29, 1.82) is 5.26 Å². The number of ether oxygens (including phenoxy) is 1. The van der Waals surface area contributed by atoms with Crippen LogP contribution in [0.4, 0.5) is 5.69 Å². The Morgan fingerprint density at radius 1 is 1.35 bits per heavy atom. The van der Waals surface area contributed by atoms with E-state index >= 15 is 0 Å². The molecule has 1 aromatic heterocycles. The van der Waals surface area contributed by atoms with Crippen molar-refractivity contribution in [1.82, 2.24) is 4.90 Å². The molecule has 2 aromatic rings. The van der Waals surface area contributed by atoms with E-state index in [2.05, 4.69) is 6.07 Å². The van der Waals surface area contributed by atoms with Gasteiger partial charge in [-0.3, -0.25) is 9.59 Å². The lowest BCUT2D eigenvalue weighted by Crippen LogP contribution is -2.57. The van der Waals surface area contributed by atoms with Crippen LogP contribution >= 0.6 is 11.3 Å². The summed E-state index contributed by atoms with van der Waals surface area (Å²) in [6.07, 6.45) is 0. The number of anilines is 1. The standard InChI is InChI=1S/C19H19N3O3S/c1-13-10-22(16-6-4-3-5-14(16)9-20)18(23)11-21(13)19(24)17-8-7-15(26-17)12-25-2/h3-8,13H,10-12H2,1-2H3. The minimum Gasteiger partial charge on any atom is -0.379 e. The summed E-state index contributed by atoms with van der Waals surface area (Å²) in [7, 11) is 1.61. The van der Waals surface area contributed by atoms with Gasteiger partial charge >= 0.3 is 0 Å². The van der Waals surface area contributed by atoms with Gasteiger partial charge in [-0.05, 0) is 31.2 Å². The zero-order chi connectivity index (χ0) is 18.7. The molecule has 1 aliphatic rings. The lowest BCUT2D eigenvalue weighted by Gasteiger charge is -2.39. The van der Waals surface area contributed by atoms with Crippen LogP contribution in [0.3, 0.4) is 0 Å². The second-order valence-electron chi connectivity index (χ2n) is 6.11. The maximum absolute atomic E-state index is 12.8. The van der Waals surface area contributed by atoms with Crippen LogP contribution in [0.1, 0.15) is 27.0 Å². The number of hydrogen-bond donors (Lipinski definition) is 0. The van der Waals surface area contributed by atoms with Crippen molar-refractivity contribution in [3.05, 3.63) is 51.7 Å². The zero-order valence-electron chi connectivity index (χ0n) is 14.6. The summed E-state index contributed by atoms with van der Waals surface area (Å²) in [6, 6.07) is 12.6. The highest BCUT2D eigenvalue weighted by atomic mass is 32.1. The Labute approximate surface area is 156 Å². The van der Waals surface area contributed by atoms with Crippen molar-refractivity contribution >= 4 is 28.8 Å². The van der Waals surface area contributed by atoms with Crippen molar-refractivity contribution in [2.75, 3.05) is 25.1 Å². The van der Waals surface area contributed by atoms with Gasteiger partial charge in [0.1, 0.15) is 12.6 Å². The first-order chi connectivity index (χ1) is 12.5. The van der Waals surface area contributed by atoms with E-state index in [9.17, 15) is 14.9 Å². The van der Waals surface area contributed by atoms with E-state index in [1.165, 1.54) is 11.3 Å². The van der Waals surface area contributed by atoms with Gasteiger partial charge in [-0.25, -0.2) is 0 Å². The molecule has 0 bridgehead atoms. The molecule has 3 rings (SSSR count). The van der Waals surface area contributed by atoms with Gasteiger partial charge in [0.05, 0.1) is 22.7 Å². The van der Waals surface area contributed by atoms with Gasteiger partial charge in [0, 0.05) is 24.6 Å². The molecule has 0 radical (unpaired) electrons. The Hall–Kier alpha value is -2.69. The highest BCUT2D eigenvalue weighted by molar-refractivity contribution is 7.14. The number of carbonyl (C=O) groups excluding carboxylic acids is 2. The second-order valence-corrected chi connectivity index (χ2v) is 7.28. The Balaban J connectivity index is 1.79. The summed E-state index contributed by atoms with van der Waals surface area (Å²) in [5.74, 6) is -0.334. The van der Waals surface area contributed by atoms with Crippen molar-refractivity contribution in [3.8, 4) is 6.07 Å². The van der Waals surface area contributed by atoms with Gasteiger partial charge in [-0.1, -0.05) is 12.1 Å². The van der Waals surface area contributed by atoms with Crippen LogP contribution in [0.2, 0.25) is 0 Å². The molecule has 1 fully saturated rings. The smallest absolute Gasteiger partial charge is 0.264 e. The quantitative estimate of drug-likeness (QED) is 0.830. The first kappa shape index (κ1) is 18.1. The maximum atomic E-state index is 12.8. The van der Waals surface area contributed by atoms with Crippen LogP contribution in [0.5, 0.6) is 0 Å². The summed E-state index contributed by atoms with van der Waals surface area (Å²) in [5, 5.41) is 9.27. The molecule has 26 heavy (non-hydrogen) atoms. The molecule has 1 aliphatic heterocycles. The van der Waals surface area contributed by atoms with Crippen molar-refractivity contribution in [3.63, 3.8) is 0 Å². The minimum atomic E-state index is -0.187. The highest BCUT2D eigenvalue weighted by Crippen LogP contribution is 2.26. The van der Waals surface area contributed by atoms with Gasteiger partial charge in [0.25, 0.3) is 5.91 Å². The number of piperazine rings is 1. The largest absolute Gasteiger partial charge is 0.379 e. The van der Waals surface area contributed by atoms with E-state index in [0.717, 1.165) is 4.88 Å². The molecule has 134 valence electrons. The Morgan fingerprint density at radius 3 is 2.85 bits per heavy atom. The number of hydrogen-bond acceptors (Lipinski definition) is 5. The van der Waals surface area contributed by atoms with E-state index in [4.69, 9.17) is 4.74 Å². The topological polar surface area (TPSA) is 73.6 Å². The van der Waals surface area contributed by atoms with Crippen LogP contribution < -0.4 is 4.90 Å². The van der Waals surface area contributed by atoms with Gasteiger partial charge in [0.15, 0.2) is 0 Å². The fourth-order valence-electron chi connectivity index (χ4n) is 3.01. The molecule has 0 aliphatic carbocycles. The molecule has 2 heterocycles. The lowest BCUT2D eigenvalue weighted by molar-refractivity contribution is -0.121. The molecule has 0 spiro atoms. The first-order valence-electron chi connectivity index (χ1n) is 8.23. The third-order valence-corrected chi connectivity index (χ3v) is 5.37. The molecule has 0 saturated carbocycles. The van der Waals surface area contributed by atoms with E-state index in [1.54, 1.807) is 47.2 Å². The fourth-order valence-corrected chi connectivity index (χ4v) is 3.95. The average molecular weight is 369 g/mol. The number of amides is 2. The Morgan fingerprint density at radius 2 is 2.12 bits per heavy atom. The summed E-state index contributed by atoms with van der Waals surface area (Å²) in [6.45, 7) is 2.73. The molecule has 1 saturated heterocycles. The molecule has 1 atom stereocenters. The van der Waals surface area contributed by atoms with Crippen molar-refractivity contribution in [2.24, 2.45) is 0 Å². The number of benzene rings is 1. The molecule has 7 heteroatoms. The van der Waals surface area contributed by atoms with Gasteiger partial charge in [-0.2, -0.15) is 5.26 Å². The van der Waals surface area contributed by atoms with E-state index in [0.29, 0.717) is 29.3 Å². The van der Waals surface area contributed by atoms with Crippen LogP contribution in [0, 0.1) is 11.3 Å². The Bertz CT molecular complexity index is 871. The number of carbonyl (C=O) groups is 2. The van der Waals surface area contributed by atoms with Crippen LogP contribution in [0.15, 0.2) is 36.4 Å². The van der Waals surface area contributed by atoms with Crippen LogP contribution in [-0.2, 0) is 16.1 Å². The van der Waals surface area contributed by atoms with E-state index in [1.807, 2.05) is 13.0 Å². The summed E-state index contributed by atoms with van der Waals surface area (Å²) in [5.41, 5.74) is 1.05. The highest BCUT2D eigenvalue weighted by Gasteiger charge is 2.34. The predicted molar refractivity (Wildman–Crippen MR) is 99.0 cm³/mol. The number of para-hydroxylation sites is 1. The Kier molecular flexibility index (Phi) is 5.35. The monoisotopic (exact) mass is 369 g/mol. The fraction of sp³-hybridized carbons (Fsp3) is 0.316. The second kappa shape index (κ2) is 7.68. The van der Waals surface area contributed by atoms with E-state index in [-0.39, 0.29) is 24.4 Å². The molecule has 0 N–H and O–H groups in total. The minimum absolute atomic E-state index is 0.00270. The molecular formula is C19H19N3O3S. The SMILES string of the molecule is COCc1ccc(C(=O)N2CC(=O)N(c3ccccc3C#N)CC2C)s1. The van der Waals surface area contributed by atoms with Crippen LogP contribution in [-0.4, -0.2) is 43.0 Å². The summed E-state index contributed by atoms with van der Waals surface area (Å²) >= 11 is 1.38. The summed E-state index contributed by atoms with van der Waals surface area (Å²) < 4.78 is 5.09. The lowest BCUT2D eigenvalue weighted by atomic mass is 10.1. The number of rotatable bonds is 4. The molecule has 1 aromatic carbocycles. The van der Waals surface area contributed by atoms with Crippen molar-refractivity contribution < 1.29 is 14.3 Å². The average Bonchev–Trinajstić information content (AvgIpc) is 3.11. The van der Waals surface area contributed by atoms with Crippen LogP contribution in [0.25, 0.3) is 0 Å². The molecular weight excluding hydrogens is 350 g/mol. The van der Waals surface area contributed by atoms with Gasteiger partial charge in [-0.15, -0.1) is 11.3 Å². The van der Waals surface area contributed by atoms with Gasteiger partial charge < -0.3 is 14.5 Å². The first-order valence-corrected chi connectivity index (χ1v) is 9.05. The molecule has 1 unspecified atom stereocenters. The third-order valence-electron chi connectivity index (χ3n) is 4.32. The maximum Gasteiger partial charge on any atom is 0.264 e. The summed E-state index contributed by atoms with van der Waals surface area (Å²) in [4.78, 5) is 30.2. The van der Waals surface area contributed by atoms with E-state index < -0.39 is 0 Å². The number of methoxy groups -OCH3 is 1. The predicted octanol–water partition coefficient (Wildman–Crippen LogP) is 2.64. The number of nitriles is 1. The normalized spacial score (nSPS) is 17.3.